The molecule has 0 N–H and O–H groups in total. The van der Waals surface area contributed by atoms with Crippen molar-refractivity contribution in [2.75, 3.05) is 0 Å². The van der Waals surface area contributed by atoms with Crippen molar-refractivity contribution in [2.45, 2.75) is 5.71 Å². The summed E-state index contributed by atoms with van der Waals surface area (Å²) in [5.74, 6) is 2.05. The quantitative estimate of drug-likeness (QED) is 0.622. The molecule has 3 aromatic carbocycles. The summed E-state index contributed by atoms with van der Waals surface area (Å²) in [7, 11) is 0. The van der Waals surface area contributed by atoms with Crippen molar-refractivity contribution in [3.63, 3.8) is 0 Å². The summed E-state index contributed by atoms with van der Waals surface area (Å²) in [4.78, 5) is 0. The van der Waals surface area contributed by atoms with Crippen LogP contribution in [0.25, 0.3) is 0 Å². The van der Waals surface area contributed by atoms with E-state index in [1.807, 2.05) is 0 Å². The Kier molecular flexibility index (Phi) is 2.90. The third-order valence-electron chi connectivity index (χ3n) is 4.19. The van der Waals surface area contributed by atoms with Gasteiger partial charge in [-0.15, -0.1) is 0 Å². The van der Waals surface area contributed by atoms with Gasteiger partial charge in [0, 0.05) is 0 Å². The Hall–Kier alpha value is -1.98. The molecule has 0 saturated heterocycles. The van der Waals surface area contributed by atoms with Gasteiger partial charge < -0.3 is 0 Å². The summed E-state index contributed by atoms with van der Waals surface area (Å²) in [5.41, 5.74) is 2.45. The summed E-state index contributed by atoms with van der Waals surface area (Å²) in [5, 5.41) is 0. The van der Waals surface area contributed by atoms with Gasteiger partial charge in [-0.3, -0.25) is 0 Å². The Morgan fingerprint density at radius 2 is 1.10 bits per heavy atom. The van der Waals surface area contributed by atoms with E-state index in [9.17, 15) is 0 Å². The van der Waals surface area contributed by atoms with Crippen molar-refractivity contribution in [2.24, 2.45) is 0 Å². The first-order valence-corrected chi connectivity index (χ1v) is 11.8. The summed E-state index contributed by atoms with van der Waals surface area (Å²) in [6.07, 6.45) is 0. The van der Waals surface area contributed by atoms with Crippen LogP contribution in [0.15, 0.2) is 78.9 Å². The number of hydrogen-bond acceptors (Lipinski definition) is 1. The molecule has 0 amide bonds. The zero-order valence-corrected chi connectivity index (χ0v) is 13.7. The molecule has 1 aliphatic heterocycles. The van der Waals surface area contributed by atoms with Gasteiger partial charge in [-0.05, 0) is 0 Å². The van der Waals surface area contributed by atoms with Gasteiger partial charge in [0.25, 0.3) is 0 Å². The normalized spacial score (nSPS) is 14.7. The van der Waals surface area contributed by atoms with Crippen LogP contribution < -0.4 is 17.8 Å². The molecule has 1 nitrogen and oxygen atoms in total. The molecule has 2 heteroatoms. The second-order valence-electron chi connectivity index (χ2n) is 5.38. The van der Waals surface area contributed by atoms with Crippen molar-refractivity contribution >= 4 is 26.6 Å². The van der Waals surface area contributed by atoms with Gasteiger partial charge in [0.05, 0.1) is 0 Å². The van der Waals surface area contributed by atoms with Crippen LogP contribution in [0.1, 0.15) is 0 Å². The maximum atomic E-state index is 6.14. The average Bonchev–Trinajstić information content (AvgIpc) is 2.56. The van der Waals surface area contributed by atoms with Crippen LogP contribution in [0, 0.1) is 0 Å². The predicted molar refractivity (Wildman–Crippen MR) is 89.9 cm³/mol. The first kappa shape index (κ1) is 12.7. The minimum atomic E-state index is -2.40. The van der Waals surface area contributed by atoms with E-state index in [4.69, 9.17) is 4.74 Å². The molecule has 0 atom stereocenters. The van der Waals surface area contributed by atoms with Crippen LogP contribution in [-0.4, -0.2) is 13.6 Å². The van der Waals surface area contributed by atoms with E-state index in [-0.39, 0.29) is 0 Å². The minimum absolute atomic E-state index is 1.02. The van der Waals surface area contributed by atoms with Gasteiger partial charge in [-0.1, -0.05) is 0 Å². The molecular weight excluding hydrogens is 319 g/mol. The van der Waals surface area contributed by atoms with Crippen molar-refractivity contribution in [3.05, 3.63) is 78.9 Å². The van der Waals surface area contributed by atoms with E-state index in [0.29, 0.717) is 0 Å². The second kappa shape index (κ2) is 4.79. The number of rotatable bonds is 1. The number of benzene rings is 3. The molecule has 0 radical (unpaired) electrons. The fraction of sp³-hybridized carbons (Fsp3) is 0.0526. The van der Waals surface area contributed by atoms with Crippen LogP contribution in [0.5, 0.6) is 11.5 Å². The molecular formula is C19H16AsO+. The molecule has 0 bridgehead atoms. The van der Waals surface area contributed by atoms with E-state index in [2.05, 4.69) is 84.6 Å². The van der Waals surface area contributed by atoms with Crippen LogP contribution in [-0.2, 0) is 0 Å². The second-order valence-corrected chi connectivity index (χ2v) is 12.7. The van der Waals surface area contributed by atoms with Crippen molar-refractivity contribution in [1.82, 2.24) is 0 Å². The number of ether oxygens (including phenoxy) is 1. The van der Waals surface area contributed by atoms with Crippen molar-refractivity contribution < 1.29 is 4.74 Å². The van der Waals surface area contributed by atoms with Gasteiger partial charge in [-0.25, -0.2) is 0 Å². The molecule has 0 unspecified atom stereocenters. The molecule has 0 aromatic heterocycles. The average molecular weight is 335 g/mol. The molecule has 4 rings (SSSR count). The number of hydrogen-bond donors (Lipinski definition) is 0. The van der Waals surface area contributed by atoms with Crippen molar-refractivity contribution in [3.8, 4) is 11.5 Å². The van der Waals surface area contributed by atoms with Crippen LogP contribution >= 0.6 is 0 Å². The fourth-order valence-corrected chi connectivity index (χ4v) is 10.4. The van der Waals surface area contributed by atoms with E-state index < -0.39 is 13.6 Å². The molecule has 3 aromatic rings. The maximum absolute atomic E-state index is 6.14. The van der Waals surface area contributed by atoms with Gasteiger partial charge in [0.2, 0.25) is 0 Å². The predicted octanol–water partition coefficient (Wildman–Crippen LogP) is 2.89. The molecule has 0 fully saturated rings. The van der Waals surface area contributed by atoms with Gasteiger partial charge in [0.1, 0.15) is 0 Å². The zero-order chi connectivity index (χ0) is 14.3. The Balaban J connectivity index is 2.06. The third-order valence-corrected chi connectivity index (χ3v) is 12.6. The number of para-hydroxylation sites is 2. The first-order chi connectivity index (χ1) is 10.3. The zero-order valence-electron chi connectivity index (χ0n) is 11.9. The topological polar surface area (TPSA) is 9.23 Å². The standard InChI is InChI=1S/C19H16AsO/c1-20(15-9-3-2-4-10-15)16-11-5-7-13-18(16)21-19-14-8-6-12-17(19)20/h2-14H,1H3/q+1. The van der Waals surface area contributed by atoms with Gasteiger partial charge >= 0.3 is 127 Å². The van der Waals surface area contributed by atoms with Crippen LogP contribution in [0.4, 0.5) is 0 Å². The fourth-order valence-electron chi connectivity index (χ4n) is 3.08. The van der Waals surface area contributed by atoms with Crippen LogP contribution in [0.3, 0.4) is 0 Å². The summed E-state index contributed by atoms with van der Waals surface area (Å²) >= 11 is -2.40. The Morgan fingerprint density at radius 3 is 1.67 bits per heavy atom. The summed E-state index contributed by atoms with van der Waals surface area (Å²) in [6, 6.07) is 27.9. The summed E-state index contributed by atoms with van der Waals surface area (Å²) in [6.45, 7) is 0. The Bertz CT molecular complexity index is 750. The monoisotopic (exact) mass is 335 g/mol. The van der Waals surface area contributed by atoms with Gasteiger partial charge in [0.15, 0.2) is 0 Å². The molecule has 102 valence electrons. The molecule has 0 aliphatic carbocycles. The molecule has 0 spiro atoms. The van der Waals surface area contributed by atoms with E-state index in [1.54, 1.807) is 0 Å². The Morgan fingerprint density at radius 1 is 0.619 bits per heavy atom. The molecule has 1 heterocycles. The van der Waals surface area contributed by atoms with Crippen molar-refractivity contribution in [1.29, 1.82) is 0 Å². The SMILES string of the molecule is C[As+]1(c2ccccc2)c2ccccc2Oc2ccccc21. The van der Waals surface area contributed by atoms with Crippen LogP contribution in [0.2, 0.25) is 5.71 Å². The number of fused-ring (bicyclic) bond motifs is 2. The molecule has 0 saturated carbocycles. The summed E-state index contributed by atoms with van der Waals surface area (Å²) < 4.78 is 10.4. The molecule has 1 aliphatic rings. The molecule has 21 heavy (non-hydrogen) atoms. The first-order valence-electron chi connectivity index (χ1n) is 7.09. The van der Waals surface area contributed by atoms with Gasteiger partial charge in [-0.2, -0.15) is 0 Å². The Labute approximate surface area is 127 Å². The van der Waals surface area contributed by atoms with E-state index in [1.165, 1.54) is 13.1 Å². The van der Waals surface area contributed by atoms with E-state index in [0.717, 1.165) is 11.5 Å². The van der Waals surface area contributed by atoms with E-state index >= 15 is 0 Å². The third kappa shape index (κ3) is 1.85.